The fourth-order valence-electron chi connectivity index (χ4n) is 2.05. The number of para-hydroxylation sites is 2. The van der Waals surface area contributed by atoms with Gasteiger partial charge in [-0.2, -0.15) is 0 Å². The largest absolute Gasteiger partial charge is 0.333 e. The number of aromatic nitrogens is 2. The second kappa shape index (κ2) is 6.10. The maximum atomic E-state index is 13.5. The quantitative estimate of drug-likeness (QED) is 0.732. The molecule has 0 aliphatic heterocycles. The lowest BCUT2D eigenvalue weighted by molar-refractivity contribution is -0.116. The van der Waals surface area contributed by atoms with Crippen LogP contribution in [0.25, 0.3) is 11.0 Å². The van der Waals surface area contributed by atoms with Gasteiger partial charge in [0.05, 0.1) is 16.8 Å². The summed E-state index contributed by atoms with van der Waals surface area (Å²) >= 11 is 1.34. The fourth-order valence-corrected chi connectivity index (χ4v) is 2.80. The Morgan fingerprint density at radius 2 is 1.90 bits per heavy atom. The van der Waals surface area contributed by atoms with E-state index in [1.165, 1.54) is 17.8 Å². The monoisotopic (exact) mass is 300 g/mol. The predicted molar refractivity (Wildman–Crippen MR) is 81.9 cm³/mol. The number of halogens is 1. The van der Waals surface area contributed by atoms with Crippen LogP contribution in [0.1, 0.15) is 5.56 Å². The third-order valence-electron chi connectivity index (χ3n) is 3.08. The van der Waals surface area contributed by atoms with Crippen molar-refractivity contribution in [2.45, 2.75) is 11.6 Å². The van der Waals surface area contributed by atoms with Crippen LogP contribution >= 0.6 is 11.8 Å². The van der Waals surface area contributed by atoms with Crippen LogP contribution in [0.15, 0.2) is 53.7 Å². The molecular weight excluding hydrogens is 287 g/mol. The zero-order valence-electron chi connectivity index (χ0n) is 11.2. The number of nitrogens with one attached hydrogen (secondary N) is 1. The van der Waals surface area contributed by atoms with Crippen LogP contribution in [0.5, 0.6) is 0 Å². The molecule has 3 rings (SSSR count). The minimum atomic E-state index is -0.334. The third-order valence-corrected chi connectivity index (χ3v) is 4.02. The van der Waals surface area contributed by atoms with Crippen molar-refractivity contribution < 1.29 is 9.18 Å². The fraction of sp³-hybridized carbons (Fsp3) is 0.125. The van der Waals surface area contributed by atoms with Gasteiger partial charge in [0.2, 0.25) is 0 Å². The standard InChI is InChI=1S/C16H13FN2OS/c17-13-6-2-1-5-11(13)9-12(20)10-21-16-18-14-7-3-4-8-15(14)19-16/h1-8H,9-10H2,(H,18,19). The number of carbonyl (C=O) groups excluding carboxylic acids is 1. The van der Waals surface area contributed by atoms with Crippen LogP contribution in [-0.2, 0) is 11.2 Å². The molecule has 0 fully saturated rings. The zero-order chi connectivity index (χ0) is 14.7. The number of aromatic amines is 1. The molecule has 0 unspecified atom stereocenters. The number of imidazole rings is 1. The molecule has 0 spiro atoms. The third kappa shape index (κ3) is 3.31. The molecule has 0 bridgehead atoms. The van der Waals surface area contributed by atoms with E-state index in [1.807, 2.05) is 24.3 Å². The molecular formula is C16H13FN2OS. The number of Topliss-reactive ketones (excluding diaryl/α,β-unsaturated/α-hetero) is 1. The molecule has 21 heavy (non-hydrogen) atoms. The highest BCUT2D eigenvalue weighted by molar-refractivity contribution is 7.99. The highest BCUT2D eigenvalue weighted by Crippen LogP contribution is 2.19. The summed E-state index contributed by atoms with van der Waals surface area (Å²) in [4.78, 5) is 19.5. The summed E-state index contributed by atoms with van der Waals surface area (Å²) in [5.41, 5.74) is 2.26. The highest BCUT2D eigenvalue weighted by Gasteiger charge is 2.10. The van der Waals surface area contributed by atoms with E-state index in [0.717, 1.165) is 11.0 Å². The molecule has 3 nitrogen and oxygen atoms in total. The first-order valence-electron chi connectivity index (χ1n) is 6.55. The van der Waals surface area contributed by atoms with Gasteiger partial charge in [0.15, 0.2) is 5.16 Å². The molecule has 0 aliphatic carbocycles. The predicted octanol–water partition coefficient (Wildman–Crippen LogP) is 3.61. The normalized spacial score (nSPS) is 10.9. The van der Waals surface area contributed by atoms with Crippen LogP contribution in [0.3, 0.4) is 0 Å². The van der Waals surface area contributed by atoms with Crippen LogP contribution in [0.2, 0.25) is 0 Å². The summed E-state index contributed by atoms with van der Waals surface area (Å²) in [6.07, 6.45) is 0.111. The first kappa shape index (κ1) is 13.8. The van der Waals surface area contributed by atoms with E-state index < -0.39 is 0 Å². The Morgan fingerprint density at radius 1 is 1.14 bits per heavy atom. The number of thioether (sulfide) groups is 1. The van der Waals surface area contributed by atoms with E-state index in [0.29, 0.717) is 10.7 Å². The smallest absolute Gasteiger partial charge is 0.166 e. The Kier molecular flexibility index (Phi) is 4.01. The molecule has 1 heterocycles. The molecule has 1 N–H and O–H groups in total. The Hall–Kier alpha value is -2.14. The van der Waals surface area contributed by atoms with Crippen molar-refractivity contribution in [3.05, 3.63) is 59.9 Å². The lowest BCUT2D eigenvalue weighted by atomic mass is 10.1. The van der Waals surface area contributed by atoms with Gasteiger partial charge in [-0.1, -0.05) is 42.1 Å². The van der Waals surface area contributed by atoms with Crippen LogP contribution in [-0.4, -0.2) is 21.5 Å². The zero-order valence-corrected chi connectivity index (χ0v) is 12.0. The van der Waals surface area contributed by atoms with Crippen LogP contribution in [0.4, 0.5) is 4.39 Å². The van der Waals surface area contributed by atoms with Crippen LogP contribution in [0, 0.1) is 5.82 Å². The van der Waals surface area contributed by atoms with E-state index in [9.17, 15) is 9.18 Å². The Labute approximate surface area is 125 Å². The average Bonchev–Trinajstić information content (AvgIpc) is 2.90. The van der Waals surface area contributed by atoms with Gasteiger partial charge < -0.3 is 4.98 Å². The van der Waals surface area contributed by atoms with Gasteiger partial charge in [0.25, 0.3) is 0 Å². The minimum absolute atomic E-state index is 0.0226. The van der Waals surface area contributed by atoms with Crippen molar-refractivity contribution in [2.75, 3.05) is 5.75 Å². The van der Waals surface area contributed by atoms with Crippen molar-refractivity contribution in [3.63, 3.8) is 0 Å². The average molecular weight is 300 g/mol. The van der Waals surface area contributed by atoms with Gasteiger partial charge in [0.1, 0.15) is 11.6 Å². The summed E-state index contributed by atoms with van der Waals surface area (Å²) < 4.78 is 13.5. The van der Waals surface area contributed by atoms with Gasteiger partial charge in [-0.3, -0.25) is 4.79 Å². The Morgan fingerprint density at radius 3 is 2.71 bits per heavy atom. The number of hydrogen-bond acceptors (Lipinski definition) is 3. The van der Waals surface area contributed by atoms with E-state index in [1.54, 1.807) is 18.2 Å². The van der Waals surface area contributed by atoms with E-state index in [4.69, 9.17) is 0 Å². The minimum Gasteiger partial charge on any atom is -0.333 e. The highest BCUT2D eigenvalue weighted by atomic mass is 32.2. The van der Waals surface area contributed by atoms with Crippen molar-refractivity contribution in [2.24, 2.45) is 0 Å². The molecule has 106 valence electrons. The maximum Gasteiger partial charge on any atom is 0.166 e. The number of benzene rings is 2. The lowest BCUT2D eigenvalue weighted by Gasteiger charge is -2.01. The number of fused-ring (bicyclic) bond motifs is 1. The van der Waals surface area contributed by atoms with E-state index >= 15 is 0 Å². The number of hydrogen-bond donors (Lipinski definition) is 1. The molecule has 0 saturated heterocycles. The topological polar surface area (TPSA) is 45.8 Å². The molecule has 0 amide bonds. The SMILES string of the molecule is O=C(CSc1nc2ccccc2[nH]1)Cc1ccccc1F. The number of nitrogens with zero attached hydrogens (tertiary/aromatic N) is 1. The molecule has 2 aromatic carbocycles. The number of ketones is 1. The Balaban J connectivity index is 1.62. The van der Waals surface area contributed by atoms with Crippen molar-refractivity contribution >= 4 is 28.6 Å². The Bertz CT molecular complexity index is 752. The summed E-state index contributed by atoms with van der Waals surface area (Å²) in [6, 6.07) is 14.1. The first-order chi connectivity index (χ1) is 10.2. The maximum absolute atomic E-state index is 13.5. The summed E-state index contributed by atoms with van der Waals surface area (Å²) in [6.45, 7) is 0. The van der Waals surface area contributed by atoms with Gasteiger partial charge >= 0.3 is 0 Å². The summed E-state index contributed by atoms with van der Waals surface area (Å²) in [5, 5.41) is 0.707. The van der Waals surface area contributed by atoms with Crippen molar-refractivity contribution in [1.82, 2.24) is 9.97 Å². The van der Waals surface area contributed by atoms with Crippen LogP contribution < -0.4 is 0 Å². The number of H-pyrrole nitrogens is 1. The second-order valence-electron chi connectivity index (χ2n) is 4.65. The van der Waals surface area contributed by atoms with Crippen molar-refractivity contribution in [3.8, 4) is 0 Å². The summed E-state index contributed by atoms with van der Waals surface area (Å²) in [7, 11) is 0. The van der Waals surface area contributed by atoms with Gasteiger partial charge in [-0.25, -0.2) is 9.37 Å². The van der Waals surface area contributed by atoms with Crippen molar-refractivity contribution in [1.29, 1.82) is 0 Å². The summed E-state index contributed by atoms with van der Waals surface area (Å²) in [5.74, 6) is -0.0844. The molecule has 5 heteroatoms. The number of rotatable bonds is 5. The first-order valence-corrected chi connectivity index (χ1v) is 7.53. The second-order valence-corrected chi connectivity index (χ2v) is 5.62. The lowest BCUT2D eigenvalue weighted by Crippen LogP contribution is -2.07. The van der Waals surface area contributed by atoms with Gasteiger partial charge in [-0.15, -0.1) is 0 Å². The molecule has 3 aromatic rings. The molecule has 0 atom stereocenters. The van der Waals surface area contributed by atoms with Gasteiger partial charge in [-0.05, 0) is 23.8 Å². The van der Waals surface area contributed by atoms with Gasteiger partial charge in [0, 0.05) is 6.42 Å². The molecule has 1 aromatic heterocycles. The molecule has 0 radical (unpaired) electrons. The van der Waals surface area contributed by atoms with E-state index in [2.05, 4.69) is 9.97 Å². The number of carbonyl (C=O) groups is 1. The van der Waals surface area contributed by atoms with E-state index in [-0.39, 0.29) is 23.8 Å². The molecule has 0 saturated carbocycles. The molecule has 0 aliphatic rings.